The number of fused-ring (bicyclic) bond motifs is 3. The zero-order valence-corrected chi connectivity index (χ0v) is 14.5. The van der Waals surface area contributed by atoms with Crippen molar-refractivity contribution in [3.8, 4) is 5.69 Å². The summed E-state index contributed by atoms with van der Waals surface area (Å²) in [5.74, 6) is 0.142. The Morgan fingerprint density at radius 1 is 1.15 bits per heavy atom. The van der Waals surface area contributed by atoms with Gasteiger partial charge in [0.25, 0.3) is 0 Å². The largest absolute Gasteiger partial charge is 0.388 e. The summed E-state index contributed by atoms with van der Waals surface area (Å²) in [6, 6.07) is 4.62. The molecule has 4 heterocycles. The average Bonchev–Trinajstić information content (AvgIpc) is 3.31. The van der Waals surface area contributed by atoms with Crippen molar-refractivity contribution in [3.05, 3.63) is 42.1 Å². The fraction of sp³-hybridized carbons (Fsp3) is 0.278. The minimum Gasteiger partial charge on any atom is -0.388 e. The molecule has 1 aliphatic heterocycles. The number of β-amino-alcohol motifs (C(OH)–C–C–N with tert-alkyl or cyclic N) is 2. The smallest absolute Gasteiger partial charge is 0.225 e. The Hall–Kier alpha value is -3.04. The molecule has 0 radical (unpaired) electrons. The number of aromatic nitrogens is 5. The number of nitrogens with zero attached hydrogens (tertiary/aromatic N) is 5. The monoisotopic (exact) mass is 368 g/mol. The van der Waals surface area contributed by atoms with Crippen LogP contribution in [0.5, 0.6) is 0 Å². The van der Waals surface area contributed by atoms with Crippen LogP contribution in [-0.2, 0) is 0 Å². The van der Waals surface area contributed by atoms with Gasteiger partial charge in [0.15, 0.2) is 0 Å². The molecule has 0 saturated carbocycles. The van der Waals surface area contributed by atoms with Crippen molar-refractivity contribution >= 4 is 27.9 Å². The second kappa shape index (κ2) is 5.73. The van der Waals surface area contributed by atoms with Gasteiger partial charge in [-0.1, -0.05) is 0 Å². The molecule has 1 fully saturated rings. The van der Waals surface area contributed by atoms with Gasteiger partial charge in [0, 0.05) is 18.5 Å². The number of anilines is 1. The van der Waals surface area contributed by atoms with Gasteiger partial charge in [-0.15, -0.1) is 0 Å². The van der Waals surface area contributed by atoms with Crippen LogP contribution in [-0.4, -0.2) is 60.2 Å². The summed E-state index contributed by atoms with van der Waals surface area (Å²) >= 11 is 0. The Kier molecular flexibility index (Phi) is 3.43. The number of hydrogen-bond donors (Lipinski definition) is 3. The number of benzene rings is 1. The van der Waals surface area contributed by atoms with Gasteiger partial charge in [0.1, 0.15) is 5.82 Å². The topological polar surface area (TPSA) is 103 Å². The highest BCUT2D eigenvalue weighted by atomic mass is 19.1. The molecule has 1 aliphatic rings. The number of hydrogen-bond acceptors (Lipinski definition) is 6. The van der Waals surface area contributed by atoms with Crippen molar-refractivity contribution in [2.45, 2.75) is 19.1 Å². The van der Waals surface area contributed by atoms with Crippen LogP contribution in [0, 0.1) is 12.7 Å². The second-order valence-electron chi connectivity index (χ2n) is 6.81. The molecule has 5 rings (SSSR count). The van der Waals surface area contributed by atoms with Crippen LogP contribution in [0.3, 0.4) is 0 Å². The van der Waals surface area contributed by atoms with E-state index in [1.165, 1.54) is 12.1 Å². The quantitative estimate of drug-likeness (QED) is 0.493. The van der Waals surface area contributed by atoms with E-state index in [1.54, 1.807) is 23.4 Å². The average molecular weight is 368 g/mol. The highest BCUT2D eigenvalue weighted by molar-refractivity contribution is 6.06. The number of aromatic amines is 1. The first kappa shape index (κ1) is 16.2. The molecule has 3 aromatic heterocycles. The number of rotatable bonds is 2. The van der Waals surface area contributed by atoms with Gasteiger partial charge in [-0.25, -0.2) is 14.4 Å². The van der Waals surface area contributed by atoms with E-state index in [4.69, 9.17) is 0 Å². The van der Waals surface area contributed by atoms with E-state index in [0.29, 0.717) is 5.95 Å². The predicted molar refractivity (Wildman–Crippen MR) is 97.4 cm³/mol. The molecule has 0 spiro atoms. The van der Waals surface area contributed by atoms with Crippen LogP contribution >= 0.6 is 0 Å². The maximum absolute atomic E-state index is 13.7. The van der Waals surface area contributed by atoms with E-state index in [9.17, 15) is 14.6 Å². The van der Waals surface area contributed by atoms with Crippen LogP contribution in [0.25, 0.3) is 27.6 Å². The third-order valence-electron chi connectivity index (χ3n) is 5.05. The number of aliphatic hydroxyl groups excluding tert-OH is 2. The van der Waals surface area contributed by atoms with E-state index < -0.39 is 12.2 Å². The summed E-state index contributed by atoms with van der Waals surface area (Å²) in [4.78, 5) is 10.7. The highest BCUT2D eigenvalue weighted by Crippen LogP contribution is 2.32. The fourth-order valence-electron chi connectivity index (χ4n) is 3.69. The highest BCUT2D eigenvalue weighted by Gasteiger charge is 2.31. The molecular weight excluding hydrogens is 351 g/mol. The maximum Gasteiger partial charge on any atom is 0.225 e. The Balaban J connectivity index is 1.65. The van der Waals surface area contributed by atoms with E-state index >= 15 is 0 Å². The zero-order chi connectivity index (χ0) is 18.7. The molecule has 0 aliphatic carbocycles. The summed E-state index contributed by atoms with van der Waals surface area (Å²) in [7, 11) is 0. The van der Waals surface area contributed by atoms with Gasteiger partial charge >= 0.3 is 0 Å². The van der Waals surface area contributed by atoms with Gasteiger partial charge < -0.3 is 19.7 Å². The van der Waals surface area contributed by atoms with Crippen molar-refractivity contribution in [1.82, 2.24) is 24.7 Å². The van der Waals surface area contributed by atoms with Crippen molar-refractivity contribution in [3.63, 3.8) is 0 Å². The number of halogens is 1. The van der Waals surface area contributed by atoms with Crippen LogP contribution in [0.2, 0.25) is 0 Å². The lowest BCUT2D eigenvalue weighted by Crippen LogP contribution is -2.24. The summed E-state index contributed by atoms with van der Waals surface area (Å²) in [5.41, 5.74) is 3.86. The lowest BCUT2D eigenvalue weighted by Gasteiger charge is -2.17. The predicted octanol–water partition coefficient (Wildman–Crippen LogP) is 1.29. The van der Waals surface area contributed by atoms with Crippen molar-refractivity contribution in [2.75, 3.05) is 18.0 Å². The lowest BCUT2D eigenvalue weighted by atomic mass is 10.2. The van der Waals surface area contributed by atoms with Crippen LogP contribution in [0.4, 0.5) is 10.3 Å². The minimum absolute atomic E-state index is 0.289. The normalized spacial score (nSPS) is 20.2. The minimum atomic E-state index is -0.803. The molecule has 27 heavy (non-hydrogen) atoms. The maximum atomic E-state index is 13.7. The van der Waals surface area contributed by atoms with E-state index in [1.807, 2.05) is 11.5 Å². The first-order valence-electron chi connectivity index (χ1n) is 8.61. The third kappa shape index (κ3) is 2.39. The molecular formula is C18H17FN6O2. The molecule has 1 aromatic carbocycles. The Morgan fingerprint density at radius 2 is 1.93 bits per heavy atom. The molecule has 0 bridgehead atoms. The molecule has 8 nitrogen and oxygen atoms in total. The van der Waals surface area contributed by atoms with Gasteiger partial charge in [-0.2, -0.15) is 5.10 Å². The molecule has 138 valence electrons. The molecule has 2 unspecified atom stereocenters. The number of aliphatic hydroxyl groups is 2. The molecule has 0 amide bonds. The fourth-order valence-corrected chi connectivity index (χ4v) is 3.69. The standard InChI is InChI=1S/C18H17FN6O2/c1-9-13(5-20-18(22-9)24-7-15(26)16(27)8-24)25-12-3-2-10(19)4-11(12)17-14(25)6-21-23-17/h2-6,15-16,26-27H,7-8H2,1H3,(H,21,23). The summed E-state index contributed by atoms with van der Waals surface area (Å²) in [6.45, 7) is 2.44. The van der Waals surface area contributed by atoms with Crippen molar-refractivity contribution < 1.29 is 14.6 Å². The Labute approximate surface area is 152 Å². The molecule has 1 saturated heterocycles. The van der Waals surface area contributed by atoms with E-state index in [2.05, 4.69) is 20.2 Å². The number of H-pyrrole nitrogens is 1. The third-order valence-corrected chi connectivity index (χ3v) is 5.05. The molecule has 3 N–H and O–H groups in total. The first-order chi connectivity index (χ1) is 13.0. The first-order valence-corrected chi connectivity index (χ1v) is 8.61. The number of nitrogens with one attached hydrogen (secondary N) is 1. The van der Waals surface area contributed by atoms with E-state index in [0.717, 1.165) is 33.3 Å². The van der Waals surface area contributed by atoms with E-state index in [-0.39, 0.29) is 18.9 Å². The van der Waals surface area contributed by atoms with Crippen LogP contribution in [0.15, 0.2) is 30.6 Å². The van der Waals surface area contributed by atoms with Crippen molar-refractivity contribution in [2.24, 2.45) is 0 Å². The lowest BCUT2D eigenvalue weighted by molar-refractivity contribution is 0.0572. The zero-order valence-electron chi connectivity index (χ0n) is 14.5. The summed E-state index contributed by atoms with van der Waals surface area (Å²) in [6.07, 6.45) is 1.78. The van der Waals surface area contributed by atoms with Gasteiger partial charge in [0.05, 0.1) is 52.5 Å². The van der Waals surface area contributed by atoms with Gasteiger partial charge in [0.2, 0.25) is 5.95 Å². The second-order valence-corrected chi connectivity index (χ2v) is 6.81. The molecule has 2 atom stereocenters. The van der Waals surface area contributed by atoms with Crippen LogP contribution in [0.1, 0.15) is 5.69 Å². The van der Waals surface area contributed by atoms with Gasteiger partial charge in [-0.05, 0) is 25.1 Å². The molecule has 9 heteroatoms. The number of aryl methyl sites for hydroxylation is 1. The Bertz CT molecular complexity index is 1160. The van der Waals surface area contributed by atoms with Crippen LogP contribution < -0.4 is 4.90 Å². The molecule has 4 aromatic rings. The van der Waals surface area contributed by atoms with Gasteiger partial charge in [-0.3, -0.25) is 5.10 Å². The van der Waals surface area contributed by atoms with Crippen molar-refractivity contribution in [1.29, 1.82) is 0 Å². The Morgan fingerprint density at radius 3 is 2.67 bits per heavy atom. The summed E-state index contributed by atoms with van der Waals surface area (Å²) in [5, 5.41) is 27.2. The SMILES string of the molecule is Cc1nc(N2CC(O)C(O)C2)ncc1-n1c2ccc(F)cc2c2[nH]ncc21. The summed E-state index contributed by atoms with van der Waals surface area (Å²) < 4.78 is 15.7.